The highest BCUT2D eigenvalue weighted by molar-refractivity contribution is 5.85. The highest BCUT2D eigenvalue weighted by atomic mass is 35.5. The van der Waals surface area contributed by atoms with Crippen LogP contribution in [0, 0.1) is 5.92 Å². The van der Waals surface area contributed by atoms with Crippen molar-refractivity contribution in [2.24, 2.45) is 11.7 Å². The summed E-state index contributed by atoms with van der Waals surface area (Å²) in [4.78, 5) is 13.8. The lowest BCUT2D eigenvalue weighted by atomic mass is 10.0. The second kappa shape index (κ2) is 10.8. The second-order valence-electron chi connectivity index (χ2n) is 3.96. The Morgan fingerprint density at radius 1 is 1.18 bits per heavy atom. The summed E-state index contributed by atoms with van der Waals surface area (Å²) in [6.45, 7) is 5.90. The molecule has 0 saturated carbocycles. The van der Waals surface area contributed by atoms with Gasteiger partial charge in [-0.15, -0.1) is 12.4 Å². The Bertz CT molecular complexity index is 195. The molecule has 0 radical (unpaired) electrons. The minimum Gasteiger partial charge on any atom is -0.383 e. The average molecular weight is 269 g/mol. The molecule has 0 heterocycles. The fraction of sp³-hybridized carbons (Fsp3) is 0.909. The number of methoxy groups -OCH3 is 2. The van der Waals surface area contributed by atoms with Gasteiger partial charge in [-0.25, -0.2) is 0 Å². The van der Waals surface area contributed by atoms with Crippen molar-refractivity contribution in [1.29, 1.82) is 0 Å². The molecule has 0 aliphatic carbocycles. The molecule has 2 N–H and O–H groups in total. The molecule has 0 aromatic heterocycles. The lowest BCUT2D eigenvalue weighted by molar-refractivity contribution is -0.136. The molecule has 104 valence electrons. The van der Waals surface area contributed by atoms with Crippen LogP contribution in [0.15, 0.2) is 0 Å². The van der Waals surface area contributed by atoms with Gasteiger partial charge in [0, 0.05) is 33.4 Å². The van der Waals surface area contributed by atoms with Gasteiger partial charge in [0.1, 0.15) is 0 Å². The van der Waals surface area contributed by atoms with E-state index < -0.39 is 0 Å². The number of ether oxygens (including phenoxy) is 2. The topological polar surface area (TPSA) is 64.8 Å². The van der Waals surface area contributed by atoms with Crippen molar-refractivity contribution in [2.45, 2.75) is 19.9 Å². The first-order valence-electron chi connectivity index (χ1n) is 5.56. The lowest BCUT2D eigenvalue weighted by Gasteiger charge is -2.26. The molecule has 0 fully saturated rings. The highest BCUT2D eigenvalue weighted by Crippen LogP contribution is 2.06. The van der Waals surface area contributed by atoms with E-state index in [-0.39, 0.29) is 30.3 Å². The predicted molar refractivity (Wildman–Crippen MR) is 70.4 cm³/mol. The molecule has 17 heavy (non-hydrogen) atoms. The van der Waals surface area contributed by atoms with Crippen molar-refractivity contribution in [3.63, 3.8) is 0 Å². The number of hydrogen-bond acceptors (Lipinski definition) is 4. The molecule has 0 bridgehead atoms. The van der Waals surface area contributed by atoms with Crippen LogP contribution in [0.4, 0.5) is 0 Å². The smallest absolute Gasteiger partial charge is 0.227 e. The standard InChI is InChI=1S/C11H24N2O3.ClH/c1-9(10(2)12)11(14)13(5-7-15-3)6-8-16-4;/h9-10H,5-8,12H2,1-4H3;1H. The van der Waals surface area contributed by atoms with Crippen LogP contribution in [0.3, 0.4) is 0 Å². The monoisotopic (exact) mass is 268 g/mol. The summed E-state index contributed by atoms with van der Waals surface area (Å²) in [6, 6.07) is -0.139. The average Bonchev–Trinajstić information content (AvgIpc) is 2.27. The molecular weight excluding hydrogens is 244 g/mol. The van der Waals surface area contributed by atoms with Crippen molar-refractivity contribution in [2.75, 3.05) is 40.5 Å². The normalized spacial score (nSPS) is 13.7. The Morgan fingerprint density at radius 2 is 1.59 bits per heavy atom. The Hall–Kier alpha value is -0.360. The zero-order valence-electron chi connectivity index (χ0n) is 11.1. The second-order valence-corrected chi connectivity index (χ2v) is 3.96. The Balaban J connectivity index is 0. The van der Waals surface area contributed by atoms with Gasteiger partial charge in [0.05, 0.1) is 19.1 Å². The molecule has 1 amide bonds. The number of amides is 1. The van der Waals surface area contributed by atoms with Crippen molar-refractivity contribution in [3.8, 4) is 0 Å². The highest BCUT2D eigenvalue weighted by Gasteiger charge is 2.22. The number of hydrogen-bond donors (Lipinski definition) is 1. The lowest BCUT2D eigenvalue weighted by Crippen LogP contribution is -2.44. The van der Waals surface area contributed by atoms with Crippen LogP contribution >= 0.6 is 12.4 Å². The molecule has 6 heteroatoms. The molecule has 0 aromatic carbocycles. The van der Waals surface area contributed by atoms with Crippen molar-refractivity contribution in [3.05, 3.63) is 0 Å². The van der Waals surface area contributed by atoms with Crippen LogP contribution in [0.2, 0.25) is 0 Å². The van der Waals surface area contributed by atoms with Crippen LogP contribution in [-0.4, -0.2) is 57.4 Å². The van der Waals surface area contributed by atoms with Crippen molar-refractivity contribution in [1.82, 2.24) is 4.90 Å². The number of halogens is 1. The Labute approximate surface area is 110 Å². The summed E-state index contributed by atoms with van der Waals surface area (Å²) in [5, 5.41) is 0. The number of carbonyl (C=O) groups excluding carboxylic acids is 1. The summed E-state index contributed by atoms with van der Waals surface area (Å²) in [5.41, 5.74) is 5.72. The van der Waals surface area contributed by atoms with Gasteiger partial charge in [-0.2, -0.15) is 0 Å². The van der Waals surface area contributed by atoms with Crippen LogP contribution in [0.1, 0.15) is 13.8 Å². The molecule has 0 aliphatic rings. The summed E-state index contributed by atoms with van der Waals surface area (Å²) in [7, 11) is 3.24. The van der Waals surface area contributed by atoms with Gasteiger partial charge in [0.2, 0.25) is 5.91 Å². The Kier molecular flexibility index (Phi) is 12.0. The van der Waals surface area contributed by atoms with Crippen LogP contribution in [0.25, 0.3) is 0 Å². The Morgan fingerprint density at radius 3 is 1.88 bits per heavy atom. The van der Waals surface area contributed by atoms with E-state index in [0.717, 1.165) is 0 Å². The molecule has 0 rings (SSSR count). The fourth-order valence-corrected chi connectivity index (χ4v) is 1.25. The maximum absolute atomic E-state index is 12.0. The zero-order valence-corrected chi connectivity index (χ0v) is 12.0. The number of nitrogens with two attached hydrogens (primary N) is 1. The minimum absolute atomic E-state index is 0. The van der Waals surface area contributed by atoms with Crippen LogP contribution in [0.5, 0.6) is 0 Å². The first kappa shape index (κ1) is 19.0. The van der Waals surface area contributed by atoms with Gasteiger partial charge in [0.15, 0.2) is 0 Å². The van der Waals surface area contributed by atoms with E-state index in [2.05, 4.69) is 0 Å². The van der Waals surface area contributed by atoms with Gasteiger partial charge in [-0.1, -0.05) is 6.92 Å². The minimum atomic E-state index is -0.172. The SMILES string of the molecule is COCCN(CCOC)C(=O)C(C)C(C)N.Cl. The first-order valence-corrected chi connectivity index (χ1v) is 5.56. The first-order chi connectivity index (χ1) is 7.54. The summed E-state index contributed by atoms with van der Waals surface area (Å²) in [6.07, 6.45) is 0. The fourth-order valence-electron chi connectivity index (χ4n) is 1.25. The van der Waals surface area contributed by atoms with Gasteiger partial charge in [-0.3, -0.25) is 4.79 Å². The summed E-state index contributed by atoms with van der Waals surface area (Å²) < 4.78 is 9.95. The predicted octanol–water partition coefficient (Wildman–Crippen LogP) is 0.513. The summed E-state index contributed by atoms with van der Waals surface area (Å²) in [5.74, 6) is -0.113. The van der Waals surface area contributed by atoms with Crippen molar-refractivity contribution >= 4 is 18.3 Å². The molecule has 0 spiro atoms. The van der Waals surface area contributed by atoms with E-state index in [1.807, 2.05) is 13.8 Å². The quantitative estimate of drug-likeness (QED) is 0.697. The van der Waals surface area contributed by atoms with E-state index in [0.29, 0.717) is 26.3 Å². The van der Waals surface area contributed by atoms with E-state index in [4.69, 9.17) is 15.2 Å². The maximum Gasteiger partial charge on any atom is 0.227 e. The third-order valence-electron chi connectivity index (χ3n) is 2.62. The third kappa shape index (κ3) is 7.54. The van der Waals surface area contributed by atoms with E-state index in [1.54, 1.807) is 19.1 Å². The molecule has 2 unspecified atom stereocenters. The van der Waals surface area contributed by atoms with E-state index in [9.17, 15) is 4.79 Å². The van der Waals surface area contributed by atoms with Gasteiger partial charge in [0.25, 0.3) is 0 Å². The van der Waals surface area contributed by atoms with E-state index >= 15 is 0 Å². The van der Waals surface area contributed by atoms with Gasteiger partial charge < -0.3 is 20.1 Å². The van der Waals surface area contributed by atoms with Crippen molar-refractivity contribution < 1.29 is 14.3 Å². The largest absolute Gasteiger partial charge is 0.383 e. The number of nitrogens with zero attached hydrogens (tertiary/aromatic N) is 1. The molecule has 0 aromatic rings. The molecule has 0 saturated heterocycles. The van der Waals surface area contributed by atoms with Crippen LogP contribution < -0.4 is 5.73 Å². The van der Waals surface area contributed by atoms with Gasteiger partial charge in [-0.05, 0) is 6.92 Å². The maximum atomic E-state index is 12.0. The number of carbonyl (C=O) groups is 1. The van der Waals surface area contributed by atoms with E-state index in [1.165, 1.54) is 0 Å². The molecule has 5 nitrogen and oxygen atoms in total. The zero-order chi connectivity index (χ0) is 12.6. The van der Waals surface area contributed by atoms with Gasteiger partial charge >= 0.3 is 0 Å². The molecule has 2 atom stereocenters. The number of rotatable bonds is 8. The molecular formula is C11H25ClN2O3. The summed E-state index contributed by atoms with van der Waals surface area (Å²) >= 11 is 0. The molecule has 0 aliphatic heterocycles. The van der Waals surface area contributed by atoms with Crippen LogP contribution in [-0.2, 0) is 14.3 Å². The third-order valence-corrected chi connectivity index (χ3v) is 2.62.